The standard InChI is InChI=1S/C55H93N3O9S2/c1-39(2)17-12-18-40(3)22-15-25-45(8)31-36-69-38-48(51(63)64)57-52(65)55(33-34-55)58-53(66)67-54(10,11)32-29-43(6)24-14-21-41(4)19-13-20-42(5)23-16-26-44(7)30-35-68-37-47(50(61)62)56-49(60)28-27-46(9)59/h17,22,30-31,41-43,47-48H,12-16,18-21,23-29,32-38H2,1-11H3,(H,56,60)(H,57,65)(H,58,66)(H,61,62)(H,63,64). The summed E-state index contributed by atoms with van der Waals surface area (Å²) in [6, 6.07) is -2.03. The number of rotatable bonds is 39. The Labute approximate surface area is 425 Å². The maximum atomic E-state index is 13.3. The van der Waals surface area contributed by atoms with Crippen molar-refractivity contribution in [3.63, 3.8) is 0 Å². The number of hydrogen-bond donors (Lipinski definition) is 5. The minimum Gasteiger partial charge on any atom is -0.480 e. The number of ether oxygens (including phenoxy) is 1. The van der Waals surface area contributed by atoms with Crippen LogP contribution in [0.1, 0.15) is 198 Å². The van der Waals surface area contributed by atoms with Crippen molar-refractivity contribution in [2.45, 2.75) is 221 Å². The van der Waals surface area contributed by atoms with Gasteiger partial charge in [0.25, 0.3) is 0 Å². The largest absolute Gasteiger partial charge is 0.480 e. The molecule has 5 unspecified atom stereocenters. The number of thioether (sulfide) groups is 2. The summed E-state index contributed by atoms with van der Waals surface area (Å²) in [7, 11) is 0. The van der Waals surface area contributed by atoms with Gasteiger partial charge in [-0.3, -0.25) is 9.59 Å². The molecular formula is C55H93N3O9S2. The average Bonchev–Trinajstić information content (AvgIpc) is 4.04. The summed E-state index contributed by atoms with van der Waals surface area (Å²) in [5.74, 6) is 0.506. The average molecular weight is 1000 g/mol. The molecule has 0 aromatic carbocycles. The SMILES string of the molecule is CC(=O)CCC(=O)NC(CSCC=C(C)CCCC(C)CCCC(C)CCCC(C)CCC(C)(C)OC(=O)NC1(C(=O)NC(CSCC=C(C)CCC=C(C)CCC=C(C)C)C(=O)O)CC1)C(=O)O. The Balaban J connectivity index is 2.31. The van der Waals surface area contributed by atoms with Gasteiger partial charge in [-0.1, -0.05) is 112 Å². The molecule has 0 saturated heterocycles. The van der Waals surface area contributed by atoms with E-state index in [4.69, 9.17) is 4.74 Å². The third-order valence-electron chi connectivity index (χ3n) is 12.9. The van der Waals surface area contributed by atoms with Crippen molar-refractivity contribution < 1.29 is 43.7 Å². The van der Waals surface area contributed by atoms with Crippen LogP contribution in [0.15, 0.2) is 46.6 Å². The number of amides is 3. The summed E-state index contributed by atoms with van der Waals surface area (Å²) in [5.41, 5.74) is 3.43. The Morgan fingerprint density at radius 3 is 1.57 bits per heavy atom. The van der Waals surface area contributed by atoms with Crippen LogP contribution in [0.4, 0.5) is 4.79 Å². The number of alkyl carbamates (subject to hydrolysis) is 1. The summed E-state index contributed by atoms with van der Waals surface area (Å²) >= 11 is 2.94. The molecule has 3 amide bonds. The minimum absolute atomic E-state index is 0.00866. The van der Waals surface area contributed by atoms with Gasteiger partial charge in [0.2, 0.25) is 11.8 Å². The molecule has 14 heteroatoms. The summed E-state index contributed by atoms with van der Waals surface area (Å²) in [6.07, 6.45) is 25.3. The maximum Gasteiger partial charge on any atom is 0.408 e. The van der Waals surface area contributed by atoms with E-state index >= 15 is 0 Å². The Morgan fingerprint density at radius 1 is 0.609 bits per heavy atom. The summed E-state index contributed by atoms with van der Waals surface area (Å²) in [5, 5.41) is 27.3. The van der Waals surface area contributed by atoms with E-state index in [2.05, 4.69) is 95.6 Å². The number of hydrogen-bond acceptors (Lipinski definition) is 9. The third-order valence-corrected chi connectivity index (χ3v) is 14.9. The molecule has 1 aliphatic carbocycles. The summed E-state index contributed by atoms with van der Waals surface area (Å²) in [4.78, 5) is 73.0. The molecule has 69 heavy (non-hydrogen) atoms. The fourth-order valence-electron chi connectivity index (χ4n) is 7.86. The summed E-state index contributed by atoms with van der Waals surface area (Å²) in [6.45, 7) is 22.8. The second-order valence-electron chi connectivity index (χ2n) is 21.1. The van der Waals surface area contributed by atoms with Crippen LogP contribution in [0.5, 0.6) is 0 Å². The predicted molar refractivity (Wildman–Crippen MR) is 287 cm³/mol. The molecule has 0 aromatic heterocycles. The Bertz CT molecular complexity index is 1730. The van der Waals surface area contributed by atoms with Gasteiger partial charge in [0.1, 0.15) is 29.0 Å². The molecule has 0 radical (unpaired) electrons. The van der Waals surface area contributed by atoms with Gasteiger partial charge in [-0.05, 0) is 137 Å². The Morgan fingerprint density at radius 2 is 1.07 bits per heavy atom. The number of nitrogens with one attached hydrogen (secondary N) is 3. The highest BCUT2D eigenvalue weighted by Gasteiger charge is 2.52. The van der Waals surface area contributed by atoms with Crippen molar-refractivity contribution in [2.75, 3.05) is 23.0 Å². The molecule has 1 fully saturated rings. The van der Waals surface area contributed by atoms with Crippen LogP contribution >= 0.6 is 23.5 Å². The number of carboxylic acids is 2. The summed E-state index contributed by atoms with van der Waals surface area (Å²) < 4.78 is 5.83. The molecule has 394 valence electrons. The molecular weight excluding hydrogens is 911 g/mol. The molecule has 0 aromatic rings. The van der Waals surface area contributed by atoms with Crippen LogP contribution in [-0.2, 0) is 28.7 Å². The van der Waals surface area contributed by atoms with Crippen molar-refractivity contribution in [1.29, 1.82) is 0 Å². The normalized spacial score (nSPS) is 16.1. The number of carbonyl (C=O) groups is 6. The van der Waals surface area contributed by atoms with Crippen molar-refractivity contribution in [1.82, 2.24) is 16.0 Å². The van der Waals surface area contributed by atoms with Gasteiger partial charge in [-0.2, -0.15) is 23.5 Å². The van der Waals surface area contributed by atoms with Crippen LogP contribution in [0.2, 0.25) is 0 Å². The minimum atomic E-state index is -1.14. The molecule has 1 aliphatic rings. The van der Waals surface area contributed by atoms with Crippen molar-refractivity contribution in [3.05, 3.63) is 46.6 Å². The first-order chi connectivity index (χ1) is 32.4. The number of allylic oxidation sites excluding steroid dienone is 6. The Kier molecular flexibility index (Phi) is 32.0. The van der Waals surface area contributed by atoms with Gasteiger partial charge in [0.05, 0.1) is 0 Å². The topological polar surface area (TPSA) is 188 Å². The molecule has 5 atom stereocenters. The number of carboxylic acid groups (broad SMARTS) is 2. The van der Waals surface area contributed by atoms with E-state index in [1.807, 2.05) is 13.8 Å². The zero-order valence-corrected chi connectivity index (χ0v) is 46.2. The molecule has 5 N–H and O–H groups in total. The molecule has 0 aliphatic heterocycles. The van der Waals surface area contributed by atoms with Gasteiger partial charge in [0, 0.05) is 35.9 Å². The van der Waals surface area contributed by atoms with E-state index in [0.717, 1.165) is 57.8 Å². The van der Waals surface area contributed by atoms with E-state index in [0.29, 0.717) is 48.5 Å². The van der Waals surface area contributed by atoms with Gasteiger partial charge in [-0.15, -0.1) is 0 Å². The smallest absolute Gasteiger partial charge is 0.408 e. The maximum absolute atomic E-state index is 13.3. The lowest BCUT2D eigenvalue weighted by atomic mass is 9.89. The monoisotopic (exact) mass is 1000 g/mol. The third kappa shape index (κ3) is 32.2. The number of Topliss-reactive ketones (excluding diaryl/α,β-unsaturated/α-hetero) is 1. The quantitative estimate of drug-likeness (QED) is 0.0291. The van der Waals surface area contributed by atoms with Crippen LogP contribution < -0.4 is 16.0 Å². The van der Waals surface area contributed by atoms with Crippen molar-refractivity contribution in [3.8, 4) is 0 Å². The number of carbonyl (C=O) groups excluding carboxylic acids is 4. The first-order valence-corrected chi connectivity index (χ1v) is 28.1. The first-order valence-electron chi connectivity index (χ1n) is 25.8. The predicted octanol–water partition coefficient (Wildman–Crippen LogP) is 12.6. The molecule has 1 rings (SSSR count). The lowest BCUT2D eigenvalue weighted by Crippen LogP contribution is -2.54. The van der Waals surface area contributed by atoms with E-state index in [1.165, 1.54) is 84.8 Å². The zero-order chi connectivity index (χ0) is 52.0. The molecule has 12 nitrogen and oxygen atoms in total. The van der Waals surface area contributed by atoms with Crippen molar-refractivity contribution in [2.24, 2.45) is 17.8 Å². The van der Waals surface area contributed by atoms with Crippen LogP contribution in [0.25, 0.3) is 0 Å². The lowest BCUT2D eigenvalue weighted by molar-refractivity contribution is -0.141. The van der Waals surface area contributed by atoms with E-state index in [1.54, 1.807) is 0 Å². The van der Waals surface area contributed by atoms with E-state index in [9.17, 15) is 39.0 Å². The van der Waals surface area contributed by atoms with Crippen LogP contribution in [0, 0.1) is 17.8 Å². The van der Waals surface area contributed by atoms with Crippen molar-refractivity contribution >= 4 is 59.2 Å². The van der Waals surface area contributed by atoms with E-state index < -0.39 is 53.1 Å². The van der Waals surface area contributed by atoms with Gasteiger partial charge >= 0.3 is 18.0 Å². The Hall–Kier alpha value is -3.52. The number of ketones is 1. The highest BCUT2D eigenvalue weighted by molar-refractivity contribution is 7.99. The highest BCUT2D eigenvalue weighted by atomic mass is 32.2. The zero-order valence-electron chi connectivity index (χ0n) is 44.5. The first kappa shape index (κ1) is 63.5. The fraction of sp³-hybridized carbons (Fsp3) is 0.745. The van der Waals surface area contributed by atoms with Crippen LogP contribution in [-0.4, -0.2) is 92.1 Å². The molecule has 0 bridgehead atoms. The van der Waals surface area contributed by atoms with Crippen LogP contribution in [0.3, 0.4) is 0 Å². The molecule has 0 spiro atoms. The van der Waals surface area contributed by atoms with Gasteiger partial charge < -0.3 is 35.7 Å². The second-order valence-corrected chi connectivity index (χ2v) is 23.2. The van der Waals surface area contributed by atoms with E-state index in [-0.39, 0.29) is 30.1 Å². The molecule has 1 saturated carbocycles. The molecule has 0 heterocycles. The van der Waals surface area contributed by atoms with Gasteiger partial charge in [-0.25, -0.2) is 14.4 Å². The highest BCUT2D eigenvalue weighted by Crippen LogP contribution is 2.36. The second kappa shape index (κ2) is 34.7. The lowest BCUT2D eigenvalue weighted by Gasteiger charge is -2.28. The fourth-order valence-corrected chi connectivity index (χ4v) is 9.86. The number of aliphatic carboxylic acids is 2. The van der Waals surface area contributed by atoms with Gasteiger partial charge in [0.15, 0.2) is 0 Å².